The Kier molecular flexibility index (Phi) is 5.31. The van der Waals surface area contributed by atoms with E-state index < -0.39 is 0 Å². The number of carbonyl (C=O) groups is 1. The van der Waals surface area contributed by atoms with E-state index in [2.05, 4.69) is 22.4 Å². The average Bonchev–Trinajstić information content (AvgIpc) is 3.07. The highest BCUT2D eigenvalue weighted by Gasteiger charge is 2.32. The molecule has 0 radical (unpaired) electrons. The molecule has 0 saturated carbocycles. The zero-order chi connectivity index (χ0) is 14.5. The molecule has 116 valence electrons. The summed E-state index contributed by atoms with van der Waals surface area (Å²) in [4.78, 5) is 16.4. The monoisotopic (exact) mass is 307 g/mol. The molecule has 4 heteroatoms. The Labute approximate surface area is 131 Å². The van der Waals surface area contributed by atoms with Crippen LogP contribution in [-0.4, -0.2) is 36.6 Å². The molecule has 2 fully saturated rings. The molecule has 0 bridgehead atoms. The average molecular weight is 307 g/mol. The lowest BCUT2D eigenvalue weighted by Crippen LogP contribution is -2.47. The van der Waals surface area contributed by atoms with Gasteiger partial charge in [0.2, 0.25) is 5.91 Å². The normalized spacial score (nSPS) is 24.2. The van der Waals surface area contributed by atoms with Crippen LogP contribution in [0.1, 0.15) is 43.4 Å². The molecule has 0 spiro atoms. The van der Waals surface area contributed by atoms with Gasteiger partial charge in [0.1, 0.15) is 0 Å². The molecule has 2 aliphatic rings. The molecule has 0 N–H and O–H groups in total. The van der Waals surface area contributed by atoms with Gasteiger partial charge in [-0.25, -0.2) is 0 Å². The van der Waals surface area contributed by atoms with E-state index in [-0.39, 0.29) is 5.92 Å². The maximum Gasteiger partial charge on any atom is 0.226 e. The number of piperidine rings is 1. The second-order valence-electron chi connectivity index (χ2n) is 6.19. The van der Waals surface area contributed by atoms with Crippen LogP contribution >= 0.6 is 11.3 Å². The van der Waals surface area contributed by atoms with E-state index in [9.17, 15) is 4.79 Å². The topological polar surface area (TPSA) is 29.5 Å². The van der Waals surface area contributed by atoms with Gasteiger partial charge >= 0.3 is 0 Å². The third-order valence-corrected chi connectivity index (χ3v) is 5.72. The summed E-state index contributed by atoms with van der Waals surface area (Å²) >= 11 is 1.83. The number of hydrogen-bond acceptors (Lipinski definition) is 3. The Balaban J connectivity index is 1.59. The van der Waals surface area contributed by atoms with Gasteiger partial charge in [0.05, 0.1) is 0 Å². The summed E-state index contributed by atoms with van der Waals surface area (Å²) in [6.07, 6.45) is 7.67. The van der Waals surface area contributed by atoms with Gasteiger partial charge in [0, 0.05) is 36.6 Å². The maximum absolute atomic E-state index is 12.8. The van der Waals surface area contributed by atoms with Crippen LogP contribution in [0.15, 0.2) is 17.5 Å². The van der Waals surface area contributed by atoms with Gasteiger partial charge in [-0.1, -0.05) is 6.07 Å². The second kappa shape index (κ2) is 7.41. The largest absolute Gasteiger partial charge is 0.381 e. The number of amides is 1. The third kappa shape index (κ3) is 3.86. The Hall–Kier alpha value is -0.870. The van der Waals surface area contributed by atoms with Crippen LogP contribution in [0.3, 0.4) is 0 Å². The minimum atomic E-state index is 0.209. The fourth-order valence-electron chi connectivity index (χ4n) is 3.53. The Bertz CT molecular complexity index is 440. The zero-order valence-electron chi connectivity index (χ0n) is 12.6. The number of ether oxygens (including phenoxy) is 1. The number of aryl methyl sites for hydroxylation is 1. The van der Waals surface area contributed by atoms with Crippen molar-refractivity contribution in [2.45, 2.75) is 51.0 Å². The van der Waals surface area contributed by atoms with Crippen molar-refractivity contribution in [3.63, 3.8) is 0 Å². The lowest BCUT2D eigenvalue weighted by atomic mass is 9.92. The van der Waals surface area contributed by atoms with Crippen molar-refractivity contribution in [2.75, 3.05) is 19.8 Å². The van der Waals surface area contributed by atoms with Crippen molar-refractivity contribution in [3.8, 4) is 0 Å². The van der Waals surface area contributed by atoms with Crippen LogP contribution in [0.4, 0.5) is 0 Å². The Morgan fingerprint density at radius 3 is 2.90 bits per heavy atom. The summed E-state index contributed by atoms with van der Waals surface area (Å²) in [5.41, 5.74) is 0. The molecule has 0 aliphatic carbocycles. The standard InChI is InChI=1S/C17H25NO2S/c19-17(14-8-11-20-12-9-14)18-10-2-1-4-15(18)6-7-16-5-3-13-21-16/h3,5,13-15H,1-2,4,6-12H2. The molecule has 21 heavy (non-hydrogen) atoms. The quantitative estimate of drug-likeness (QED) is 0.852. The van der Waals surface area contributed by atoms with Crippen molar-refractivity contribution in [1.82, 2.24) is 4.90 Å². The molecule has 2 saturated heterocycles. The van der Waals surface area contributed by atoms with Gasteiger partial charge < -0.3 is 9.64 Å². The van der Waals surface area contributed by atoms with E-state index in [1.807, 2.05) is 11.3 Å². The minimum Gasteiger partial charge on any atom is -0.381 e. The van der Waals surface area contributed by atoms with Crippen molar-refractivity contribution in [2.24, 2.45) is 5.92 Å². The summed E-state index contributed by atoms with van der Waals surface area (Å²) in [7, 11) is 0. The number of nitrogens with zero attached hydrogens (tertiary/aromatic N) is 1. The Morgan fingerprint density at radius 2 is 2.14 bits per heavy atom. The van der Waals surface area contributed by atoms with Gasteiger partial charge in [-0.15, -0.1) is 11.3 Å². The summed E-state index contributed by atoms with van der Waals surface area (Å²) in [6, 6.07) is 4.78. The molecule has 1 amide bonds. The Morgan fingerprint density at radius 1 is 1.29 bits per heavy atom. The van der Waals surface area contributed by atoms with Gasteiger partial charge in [-0.3, -0.25) is 4.79 Å². The van der Waals surface area contributed by atoms with E-state index in [0.717, 1.165) is 45.4 Å². The smallest absolute Gasteiger partial charge is 0.226 e. The highest BCUT2D eigenvalue weighted by atomic mass is 32.1. The molecular formula is C17H25NO2S. The zero-order valence-corrected chi connectivity index (χ0v) is 13.4. The van der Waals surface area contributed by atoms with Crippen molar-refractivity contribution in [1.29, 1.82) is 0 Å². The molecule has 3 heterocycles. The number of rotatable bonds is 4. The molecule has 3 rings (SSSR count). The van der Waals surface area contributed by atoms with Crippen LogP contribution in [0.5, 0.6) is 0 Å². The summed E-state index contributed by atoms with van der Waals surface area (Å²) in [6.45, 7) is 2.47. The van der Waals surface area contributed by atoms with E-state index >= 15 is 0 Å². The van der Waals surface area contributed by atoms with Gasteiger partial charge in [0.25, 0.3) is 0 Å². The summed E-state index contributed by atoms with van der Waals surface area (Å²) in [5, 5.41) is 2.14. The summed E-state index contributed by atoms with van der Waals surface area (Å²) in [5.74, 6) is 0.607. The first-order chi connectivity index (χ1) is 10.3. The van der Waals surface area contributed by atoms with E-state index in [4.69, 9.17) is 4.74 Å². The molecular weight excluding hydrogens is 282 g/mol. The third-order valence-electron chi connectivity index (χ3n) is 4.78. The van der Waals surface area contributed by atoms with Gasteiger partial charge in [0.15, 0.2) is 0 Å². The van der Waals surface area contributed by atoms with Crippen molar-refractivity contribution in [3.05, 3.63) is 22.4 Å². The molecule has 1 atom stereocenters. The maximum atomic E-state index is 12.8. The molecule has 1 aromatic heterocycles. The van der Waals surface area contributed by atoms with Crippen LogP contribution in [0.2, 0.25) is 0 Å². The number of hydrogen-bond donors (Lipinski definition) is 0. The number of carbonyl (C=O) groups excluding carboxylic acids is 1. The first-order valence-corrected chi connectivity index (χ1v) is 9.13. The second-order valence-corrected chi connectivity index (χ2v) is 7.22. The fraction of sp³-hybridized carbons (Fsp3) is 0.706. The predicted molar refractivity (Wildman–Crippen MR) is 85.5 cm³/mol. The SMILES string of the molecule is O=C(C1CCOCC1)N1CCCCC1CCc1cccs1. The summed E-state index contributed by atoms with van der Waals surface area (Å²) < 4.78 is 5.39. The van der Waals surface area contributed by atoms with E-state index in [1.165, 1.54) is 24.1 Å². The van der Waals surface area contributed by atoms with Crippen LogP contribution in [0, 0.1) is 5.92 Å². The number of likely N-dealkylation sites (tertiary alicyclic amines) is 1. The van der Waals surface area contributed by atoms with Crippen molar-refractivity contribution < 1.29 is 9.53 Å². The first kappa shape index (κ1) is 15.0. The van der Waals surface area contributed by atoms with Gasteiger partial charge in [-0.2, -0.15) is 0 Å². The minimum absolute atomic E-state index is 0.209. The lowest BCUT2D eigenvalue weighted by molar-refractivity contribution is -0.142. The van der Waals surface area contributed by atoms with Crippen LogP contribution in [-0.2, 0) is 16.0 Å². The lowest BCUT2D eigenvalue weighted by Gasteiger charge is -2.38. The molecule has 1 unspecified atom stereocenters. The van der Waals surface area contributed by atoms with E-state index in [1.54, 1.807) is 0 Å². The van der Waals surface area contributed by atoms with Gasteiger partial charge in [-0.05, 0) is 56.4 Å². The highest BCUT2D eigenvalue weighted by molar-refractivity contribution is 7.09. The van der Waals surface area contributed by atoms with Crippen LogP contribution in [0.25, 0.3) is 0 Å². The predicted octanol–water partition coefficient (Wildman–Crippen LogP) is 3.49. The molecule has 1 aromatic rings. The first-order valence-electron chi connectivity index (χ1n) is 8.25. The molecule has 3 nitrogen and oxygen atoms in total. The number of thiophene rings is 1. The van der Waals surface area contributed by atoms with Crippen molar-refractivity contribution >= 4 is 17.2 Å². The molecule has 0 aromatic carbocycles. The van der Waals surface area contributed by atoms with E-state index in [0.29, 0.717) is 11.9 Å². The highest BCUT2D eigenvalue weighted by Crippen LogP contribution is 2.26. The van der Waals surface area contributed by atoms with Crippen LogP contribution < -0.4 is 0 Å². The molecule has 2 aliphatic heterocycles. The fourth-order valence-corrected chi connectivity index (χ4v) is 4.26.